The first-order valence-corrected chi connectivity index (χ1v) is 8.52. The minimum absolute atomic E-state index is 0.186. The Hall–Kier alpha value is -2.32. The molecule has 2 atom stereocenters. The number of imidazole rings is 1. The molecule has 3 aromatic rings. The zero-order valence-corrected chi connectivity index (χ0v) is 14.2. The largest absolute Gasteiger partial charge is 0.310 e. The lowest BCUT2D eigenvalue weighted by Crippen LogP contribution is -2.37. The molecule has 0 amide bonds. The monoisotopic (exact) mass is 343 g/mol. The molecule has 0 radical (unpaired) electrons. The molecular weight excluding hydrogens is 321 g/mol. The first kappa shape index (κ1) is 16.2. The number of aryl methyl sites for hydroxylation is 1. The number of hydrogen-bond acceptors (Lipinski definition) is 5. The lowest BCUT2D eigenvalue weighted by atomic mass is 10.2. The van der Waals surface area contributed by atoms with Gasteiger partial charge in [-0.15, -0.1) is 0 Å². The Morgan fingerprint density at radius 3 is 3.04 bits per heavy atom. The van der Waals surface area contributed by atoms with Crippen molar-refractivity contribution in [3.63, 3.8) is 0 Å². The maximum absolute atomic E-state index is 13.9. The fourth-order valence-corrected chi connectivity index (χ4v) is 3.49. The summed E-state index contributed by atoms with van der Waals surface area (Å²) >= 11 is 0. The SMILES string of the molecule is Cn1nccc1CN1C[C@@H](F)C[C@H]1CNCc1cnc2cnccn12. The number of halogens is 1. The minimum Gasteiger partial charge on any atom is -0.310 e. The molecule has 1 N–H and O–H groups in total. The van der Waals surface area contributed by atoms with Crippen LogP contribution in [0.2, 0.25) is 0 Å². The number of alkyl halides is 1. The second-order valence-electron chi connectivity index (χ2n) is 6.55. The average Bonchev–Trinajstić information content (AvgIpc) is 3.29. The highest BCUT2D eigenvalue weighted by Crippen LogP contribution is 2.22. The van der Waals surface area contributed by atoms with Crippen molar-refractivity contribution in [2.45, 2.75) is 31.7 Å². The van der Waals surface area contributed by atoms with Gasteiger partial charge in [0.1, 0.15) is 6.17 Å². The first-order chi connectivity index (χ1) is 12.2. The molecule has 1 aliphatic heterocycles. The molecular formula is C17H22FN7. The summed E-state index contributed by atoms with van der Waals surface area (Å²) in [6, 6.07) is 2.17. The molecule has 4 rings (SSSR count). The average molecular weight is 343 g/mol. The van der Waals surface area contributed by atoms with Gasteiger partial charge < -0.3 is 5.32 Å². The van der Waals surface area contributed by atoms with Crippen molar-refractivity contribution < 1.29 is 4.39 Å². The minimum atomic E-state index is -0.762. The van der Waals surface area contributed by atoms with E-state index in [1.54, 1.807) is 18.6 Å². The number of rotatable bonds is 6. The Kier molecular flexibility index (Phi) is 4.46. The number of nitrogens with one attached hydrogen (secondary N) is 1. The first-order valence-electron chi connectivity index (χ1n) is 8.52. The Bertz CT molecular complexity index is 842. The van der Waals surface area contributed by atoms with Gasteiger partial charge in [0, 0.05) is 57.9 Å². The van der Waals surface area contributed by atoms with E-state index in [1.807, 2.05) is 34.6 Å². The van der Waals surface area contributed by atoms with Crippen LogP contribution < -0.4 is 5.32 Å². The number of nitrogens with zero attached hydrogens (tertiary/aromatic N) is 6. The molecule has 1 aliphatic rings. The van der Waals surface area contributed by atoms with Crippen LogP contribution in [0.5, 0.6) is 0 Å². The molecule has 1 saturated heterocycles. The Labute approximate surface area is 145 Å². The lowest BCUT2D eigenvalue weighted by molar-refractivity contribution is 0.224. The highest BCUT2D eigenvalue weighted by molar-refractivity contribution is 5.36. The quantitative estimate of drug-likeness (QED) is 0.728. The molecule has 0 saturated carbocycles. The third-order valence-electron chi connectivity index (χ3n) is 4.84. The van der Waals surface area contributed by atoms with Gasteiger partial charge >= 0.3 is 0 Å². The van der Waals surface area contributed by atoms with Crippen molar-refractivity contribution in [1.82, 2.24) is 34.4 Å². The van der Waals surface area contributed by atoms with Crippen LogP contribution in [0.3, 0.4) is 0 Å². The second kappa shape index (κ2) is 6.89. The summed E-state index contributed by atoms with van der Waals surface area (Å²) in [5.74, 6) is 0. The van der Waals surface area contributed by atoms with Gasteiger partial charge in [-0.2, -0.15) is 5.10 Å². The van der Waals surface area contributed by atoms with Gasteiger partial charge in [-0.1, -0.05) is 0 Å². The van der Waals surface area contributed by atoms with E-state index in [4.69, 9.17) is 0 Å². The predicted octanol–water partition coefficient (Wildman–Crippen LogP) is 1.16. The van der Waals surface area contributed by atoms with Gasteiger partial charge in [0.2, 0.25) is 0 Å². The van der Waals surface area contributed by atoms with Crippen LogP contribution >= 0.6 is 0 Å². The second-order valence-corrected chi connectivity index (χ2v) is 6.55. The van der Waals surface area contributed by atoms with E-state index in [-0.39, 0.29) is 6.04 Å². The zero-order valence-electron chi connectivity index (χ0n) is 14.2. The third kappa shape index (κ3) is 3.40. The van der Waals surface area contributed by atoms with Gasteiger partial charge in [-0.05, 0) is 12.5 Å². The molecule has 3 aromatic heterocycles. The molecule has 0 bridgehead atoms. The molecule has 0 spiro atoms. The van der Waals surface area contributed by atoms with Crippen LogP contribution in [-0.4, -0.2) is 54.4 Å². The van der Waals surface area contributed by atoms with Crippen LogP contribution in [0, 0.1) is 0 Å². The number of likely N-dealkylation sites (tertiary alicyclic amines) is 1. The van der Waals surface area contributed by atoms with Crippen molar-refractivity contribution >= 4 is 5.65 Å². The third-order valence-corrected chi connectivity index (χ3v) is 4.84. The Morgan fingerprint density at radius 1 is 1.28 bits per heavy atom. The van der Waals surface area contributed by atoms with Crippen LogP contribution in [0.25, 0.3) is 5.65 Å². The van der Waals surface area contributed by atoms with Crippen molar-refractivity contribution in [1.29, 1.82) is 0 Å². The Morgan fingerprint density at radius 2 is 2.20 bits per heavy atom. The molecule has 4 heterocycles. The van der Waals surface area contributed by atoms with E-state index in [2.05, 4.69) is 25.3 Å². The fraction of sp³-hybridized carbons (Fsp3) is 0.471. The number of aromatic nitrogens is 5. The normalized spacial score (nSPS) is 21.4. The summed E-state index contributed by atoms with van der Waals surface area (Å²) in [6.45, 7) is 2.65. The van der Waals surface area contributed by atoms with Crippen LogP contribution in [0.15, 0.2) is 37.1 Å². The summed E-state index contributed by atoms with van der Waals surface area (Å²) in [4.78, 5) is 10.6. The van der Waals surface area contributed by atoms with Crippen molar-refractivity contribution in [2.24, 2.45) is 7.05 Å². The molecule has 132 valence electrons. The van der Waals surface area contributed by atoms with E-state index in [1.165, 1.54) is 0 Å². The van der Waals surface area contributed by atoms with E-state index >= 15 is 0 Å². The topological polar surface area (TPSA) is 63.3 Å². The molecule has 0 unspecified atom stereocenters. The standard InChI is InChI=1S/C17H22FN7/c1-23-14(2-3-22-23)12-24-11-13(18)6-15(24)7-20-8-16-9-21-17-10-19-4-5-25(16)17/h2-5,9-10,13,15,20H,6-8,11-12H2,1H3/t13-,15-/m0/s1. The maximum Gasteiger partial charge on any atom is 0.155 e. The van der Waals surface area contributed by atoms with E-state index < -0.39 is 6.17 Å². The Balaban J connectivity index is 1.37. The summed E-state index contributed by atoms with van der Waals surface area (Å²) < 4.78 is 17.8. The van der Waals surface area contributed by atoms with Crippen LogP contribution in [-0.2, 0) is 20.1 Å². The molecule has 0 aromatic carbocycles. The fourth-order valence-electron chi connectivity index (χ4n) is 3.49. The number of hydrogen-bond donors (Lipinski definition) is 1. The van der Waals surface area contributed by atoms with E-state index in [9.17, 15) is 4.39 Å². The smallest absolute Gasteiger partial charge is 0.155 e. The van der Waals surface area contributed by atoms with Crippen molar-refractivity contribution in [3.8, 4) is 0 Å². The highest BCUT2D eigenvalue weighted by Gasteiger charge is 2.32. The molecule has 7 nitrogen and oxygen atoms in total. The van der Waals surface area contributed by atoms with Gasteiger partial charge in [0.25, 0.3) is 0 Å². The number of fused-ring (bicyclic) bond motifs is 1. The maximum atomic E-state index is 13.9. The summed E-state index contributed by atoms with van der Waals surface area (Å²) in [5, 5.41) is 7.65. The van der Waals surface area contributed by atoms with E-state index in [0.29, 0.717) is 19.5 Å². The predicted molar refractivity (Wildman–Crippen MR) is 91.6 cm³/mol. The van der Waals surface area contributed by atoms with Gasteiger partial charge in [0.15, 0.2) is 5.65 Å². The summed E-state index contributed by atoms with van der Waals surface area (Å²) in [5.41, 5.74) is 3.01. The van der Waals surface area contributed by atoms with E-state index in [0.717, 1.165) is 30.1 Å². The highest BCUT2D eigenvalue weighted by atomic mass is 19.1. The molecule has 1 fully saturated rings. The molecule has 8 heteroatoms. The van der Waals surface area contributed by atoms with Crippen LogP contribution in [0.4, 0.5) is 4.39 Å². The lowest BCUT2D eigenvalue weighted by Gasteiger charge is -2.24. The van der Waals surface area contributed by atoms with Gasteiger partial charge in [0.05, 0.1) is 23.8 Å². The van der Waals surface area contributed by atoms with Crippen molar-refractivity contribution in [2.75, 3.05) is 13.1 Å². The summed E-state index contributed by atoms with van der Waals surface area (Å²) in [6.07, 6.45) is 8.84. The molecule has 25 heavy (non-hydrogen) atoms. The van der Waals surface area contributed by atoms with Crippen molar-refractivity contribution in [3.05, 3.63) is 48.4 Å². The van der Waals surface area contributed by atoms with Gasteiger partial charge in [-0.3, -0.25) is 19.0 Å². The van der Waals surface area contributed by atoms with Crippen LogP contribution in [0.1, 0.15) is 17.8 Å². The molecule has 0 aliphatic carbocycles. The zero-order chi connectivity index (χ0) is 17.2. The summed E-state index contributed by atoms with van der Waals surface area (Å²) in [7, 11) is 1.92. The van der Waals surface area contributed by atoms with Gasteiger partial charge in [-0.25, -0.2) is 9.37 Å².